The van der Waals surface area contributed by atoms with Crippen LogP contribution in [0.4, 0.5) is 0 Å². The Morgan fingerprint density at radius 2 is 0.744 bits per heavy atom. The number of rotatable bonds is 3. The zero-order chi connectivity index (χ0) is 28.3. The standard InChI is InChI=1S/C42H27N/c1-2-10-27(11-3-1)28-18-20-29(21-19-28)41-34-14-6-8-16-36(34)42(37-17-9-7-15-35(37)41)32-22-23-33-38-24-30-12-4-5-13-31(30)25-40(38)43-39(33)26-32/h1-26,43H. The maximum absolute atomic E-state index is 3.73. The van der Waals surface area contributed by atoms with Crippen LogP contribution in [0.1, 0.15) is 0 Å². The van der Waals surface area contributed by atoms with Gasteiger partial charge in [0, 0.05) is 21.8 Å². The van der Waals surface area contributed by atoms with Crippen molar-refractivity contribution in [1.82, 2.24) is 4.98 Å². The van der Waals surface area contributed by atoms with Gasteiger partial charge < -0.3 is 4.98 Å². The molecule has 0 amide bonds. The Kier molecular flexibility index (Phi) is 5.27. The van der Waals surface area contributed by atoms with E-state index >= 15 is 0 Å². The van der Waals surface area contributed by atoms with E-state index in [1.807, 2.05) is 0 Å². The van der Waals surface area contributed by atoms with Gasteiger partial charge in [0.25, 0.3) is 0 Å². The lowest BCUT2D eigenvalue weighted by molar-refractivity contribution is 1.55. The fourth-order valence-corrected chi connectivity index (χ4v) is 6.96. The van der Waals surface area contributed by atoms with Crippen molar-refractivity contribution in [3.63, 3.8) is 0 Å². The first kappa shape index (κ1) is 24.0. The van der Waals surface area contributed by atoms with Crippen LogP contribution in [-0.2, 0) is 0 Å². The predicted octanol–water partition coefficient (Wildman–Crippen LogP) is 11.8. The van der Waals surface area contributed by atoms with Gasteiger partial charge in [0.15, 0.2) is 0 Å². The minimum absolute atomic E-state index is 1.16. The number of benzene rings is 8. The summed E-state index contributed by atoms with van der Waals surface area (Å²) < 4.78 is 0. The highest BCUT2D eigenvalue weighted by molar-refractivity contribution is 6.22. The van der Waals surface area contributed by atoms with E-state index in [2.05, 4.69) is 163 Å². The van der Waals surface area contributed by atoms with Crippen molar-refractivity contribution in [3.8, 4) is 33.4 Å². The van der Waals surface area contributed by atoms with Gasteiger partial charge in [-0.05, 0) is 83.9 Å². The molecule has 200 valence electrons. The fourth-order valence-electron chi connectivity index (χ4n) is 6.96. The molecule has 0 radical (unpaired) electrons. The number of aromatic amines is 1. The van der Waals surface area contributed by atoms with Crippen molar-refractivity contribution in [2.45, 2.75) is 0 Å². The Morgan fingerprint density at radius 3 is 1.40 bits per heavy atom. The number of aromatic nitrogens is 1. The molecule has 0 unspecified atom stereocenters. The average Bonchev–Trinajstić information content (AvgIpc) is 3.43. The van der Waals surface area contributed by atoms with Gasteiger partial charge in [-0.3, -0.25) is 0 Å². The number of hydrogen-bond acceptors (Lipinski definition) is 0. The Hall–Kier alpha value is -5.66. The molecule has 1 heteroatoms. The third-order valence-electron chi connectivity index (χ3n) is 8.97. The van der Waals surface area contributed by atoms with Gasteiger partial charge in [-0.25, -0.2) is 0 Å². The lowest BCUT2D eigenvalue weighted by atomic mass is 9.85. The van der Waals surface area contributed by atoms with Crippen LogP contribution in [0.3, 0.4) is 0 Å². The van der Waals surface area contributed by atoms with Gasteiger partial charge in [-0.15, -0.1) is 0 Å². The number of nitrogens with one attached hydrogen (secondary N) is 1. The Bertz CT molecular complexity index is 2420. The second-order valence-electron chi connectivity index (χ2n) is 11.4. The van der Waals surface area contributed by atoms with Crippen LogP contribution in [0.5, 0.6) is 0 Å². The topological polar surface area (TPSA) is 15.8 Å². The molecule has 1 nitrogen and oxygen atoms in total. The Labute approximate surface area is 249 Å². The van der Waals surface area contributed by atoms with E-state index in [1.165, 1.54) is 82.0 Å². The zero-order valence-corrected chi connectivity index (χ0v) is 23.5. The minimum atomic E-state index is 1.16. The van der Waals surface area contributed by atoms with Crippen molar-refractivity contribution in [2.75, 3.05) is 0 Å². The Balaban J connectivity index is 1.27. The van der Waals surface area contributed by atoms with Crippen molar-refractivity contribution in [3.05, 3.63) is 158 Å². The molecule has 0 spiro atoms. The predicted molar refractivity (Wildman–Crippen MR) is 185 cm³/mol. The molecule has 0 bridgehead atoms. The van der Waals surface area contributed by atoms with Gasteiger partial charge in [0.05, 0.1) is 0 Å². The van der Waals surface area contributed by atoms with Gasteiger partial charge >= 0.3 is 0 Å². The normalized spacial score (nSPS) is 11.7. The maximum atomic E-state index is 3.73. The average molecular weight is 546 g/mol. The third kappa shape index (κ3) is 3.79. The van der Waals surface area contributed by atoms with Gasteiger partial charge in [-0.2, -0.15) is 0 Å². The molecule has 0 aliphatic rings. The monoisotopic (exact) mass is 545 g/mol. The summed E-state index contributed by atoms with van der Waals surface area (Å²) in [6.45, 7) is 0. The SMILES string of the molecule is c1ccc(-c2ccc(-c3c4ccccc4c(-c4ccc5c(c4)[nH]c4cc6ccccc6cc45)c4ccccc34)cc2)cc1. The molecule has 9 aromatic rings. The van der Waals surface area contributed by atoms with E-state index < -0.39 is 0 Å². The van der Waals surface area contributed by atoms with Crippen molar-refractivity contribution < 1.29 is 0 Å². The van der Waals surface area contributed by atoms with Crippen LogP contribution in [-0.4, -0.2) is 4.98 Å². The van der Waals surface area contributed by atoms with Crippen LogP contribution < -0.4 is 0 Å². The quantitative estimate of drug-likeness (QED) is 0.213. The summed E-state index contributed by atoms with van der Waals surface area (Å²) >= 11 is 0. The molecule has 0 saturated heterocycles. The molecule has 1 aromatic heterocycles. The van der Waals surface area contributed by atoms with Crippen molar-refractivity contribution in [1.29, 1.82) is 0 Å². The first-order valence-electron chi connectivity index (χ1n) is 14.9. The lowest BCUT2D eigenvalue weighted by Crippen LogP contribution is -1.91. The molecule has 1 N–H and O–H groups in total. The highest BCUT2D eigenvalue weighted by Gasteiger charge is 2.17. The van der Waals surface area contributed by atoms with E-state index in [0.717, 1.165) is 5.52 Å². The second-order valence-corrected chi connectivity index (χ2v) is 11.4. The molecule has 0 atom stereocenters. The zero-order valence-electron chi connectivity index (χ0n) is 23.5. The van der Waals surface area contributed by atoms with Crippen LogP contribution in [0.25, 0.3) is 87.5 Å². The third-order valence-corrected chi connectivity index (χ3v) is 8.97. The van der Waals surface area contributed by atoms with E-state index in [-0.39, 0.29) is 0 Å². The first-order valence-corrected chi connectivity index (χ1v) is 14.9. The van der Waals surface area contributed by atoms with Gasteiger partial charge in [-0.1, -0.05) is 140 Å². The maximum Gasteiger partial charge on any atom is 0.0471 e. The summed E-state index contributed by atoms with van der Waals surface area (Å²) in [5.41, 5.74) is 9.83. The highest BCUT2D eigenvalue weighted by atomic mass is 14.7. The Morgan fingerprint density at radius 1 is 0.279 bits per heavy atom. The highest BCUT2D eigenvalue weighted by Crippen LogP contribution is 2.44. The van der Waals surface area contributed by atoms with Gasteiger partial charge in [0.2, 0.25) is 0 Å². The molecule has 43 heavy (non-hydrogen) atoms. The largest absolute Gasteiger partial charge is 0.354 e. The van der Waals surface area contributed by atoms with E-state index in [4.69, 9.17) is 0 Å². The molecule has 9 rings (SSSR count). The summed E-state index contributed by atoms with van der Waals surface area (Å²) in [5, 5.41) is 10.1. The van der Waals surface area contributed by atoms with Crippen LogP contribution in [0, 0.1) is 0 Å². The molecule has 1 heterocycles. The van der Waals surface area contributed by atoms with E-state index in [1.54, 1.807) is 0 Å². The van der Waals surface area contributed by atoms with E-state index in [0.29, 0.717) is 0 Å². The van der Waals surface area contributed by atoms with Crippen molar-refractivity contribution >= 4 is 54.1 Å². The molecule has 0 aliphatic carbocycles. The summed E-state index contributed by atoms with van der Waals surface area (Å²) in [5.74, 6) is 0. The van der Waals surface area contributed by atoms with Gasteiger partial charge in [0.1, 0.15) is 0 Å². The van der Waals surface area contributed by atoms with E-state index in [9.17, 15) is 0 Å². The minimum Gasteiger partial charge on any atom is -0.354 e. The summed E-state index contributed by atoms with van der Waals surface area (Å²) in [7, 11) is 0. The summed E-state index contributed by atoms with van der Waals surface area (Å²) in [6.07, 6.45) is 0. The molecular weight excluding hydrogens is 518 g/mol. The van der Waals surface area contributed by atoms with Crippen LogP contribution in [0.15, 0.2) is 158 Å². The smallest absolute Gasteiger partial charge is 0.0471 e. The molecule has 8 aromatic carbocycles. The number of H-pyrrole nitrogens is 1. The lowest BCUT2D eigenvalue weighted by Gasteiger charge is -2.18. The van der Waals surface area contributed by atoms with Crippen LogP contribution in [0.2, 0.25) is 0 Å². The summed E-state index contributed by atoms with van der Waals surface area (Å²) in [4.78, 5) is 3.73. The molecular formula is C42H27N. The molecule has 0 fully saturated rings. The van der Waals surface area contributed by atoms with Crippen molar-refractivity contribution in [2.24, 2.45) is 0 Å². The molecule has 0 aliphatic heterocycles. The molecule has 0 saturated carbocycles. The fraction of sp³-hybridized carbons (Fsp3) is 0. The number of hydrogen-bond donors (Lipinski definition) is 1. The van der Waals surface area contributed by atoms with Crippen LogP contribution >= 0.6 is 0 Å². The second kappa shape index (κ2) is 9.44. The first-order chi connectivity index (χ1) is 21.3. The summed E-state index contributed by atoms with van der Waals surface area (Å²) in [6, 6.07) is 57.5. The number of fused-ring (bicyclic) bond motifs is 6.